The Bertz CT molecular complexity index is 978. The molecule has 0 saturated carbocycles. The third kappa shape index (κ3) is 4.90. The van der Waals surface area contributed by atoms with Crippen molar-refractivity contribution in [3.05, 3.63) is 88.5 Å². The maximum atomic E-state index is 12.6. The third-order valence-electron chi connectivity index (χ3n) is 3.72. The van der Waals surface area contributed by atoms with E-state index in [2.05, 4.69) is 5.32 Å². The molecule has 7 heteroatoms. The lowest BCUT2D eigenvalue weighted by atomic mass is 10.1. The Hall–Kier alpha value is -2.77. The van der Waals surface area contributed by atoms with E-state index in [4.69, 9.17) is 0 Å². The first-order valence-electron chi connectivity index (χ1n) is 8.03. The Balaban J connectivity index is 1.82. The van der Waals surface area contributed by atoms with Crippen molar-refractivity contribution in [1.29, 1.82) is 0 Å². The lowest BCUT2D eigenvalue weighted by Crippen LogP contribution is -2.14. The number of amides is 1. The van der Waals surface area contributed by atoms with Gasteiger partial charge in [-0.15, -0.1) is 11.8 Å². The molecule has 0 unspecified atom stereocenters. The minimum Gasteiger partial charge on any atom is -0.322 e. The Labute approximate surface area is 165 Å². The van der Waals surface area contributed by atoms with Gasteiger partial charge in [-0.05, 0) is 48.7 Å². The second-order valence-corrected chi connectivity index (χ2v) is 7.56. The highest BCUT2D eigenvalue weighted by Gasteiger charge is 2.20. The van der Waals surface area contributed by atoms with Crippen LogP contribution in [0.1, 0.15) is 10.4 Å². The topological polar surface area (TPSA) is 72.2 Å². The number of hydrogen-bond donors (Lipinski definition) is 1. The van der Waals surface area contributed by atoms with E-state index in [0.29, 0.717) is 5.69 Å². The summed E-state index contributed by atoms with van der Waals surface area (Å²) in [6.07, 6.45) is 1.85. The number of anilines is 1. The fourth-order valence-electron chi connectivity index (χ4n) is 2.44. The summed E-state index contributed by atoms with van der Waals surface area (Å²) in [7, 11) is 0. The van der Waals surface area contributed by atoms with Crippen LogP contribution < -0.4 is 5.32 Å². The highest BCUT2D eigenvalue weighted by molar-refractivity contribution is 7.99. The van der Waals surface area contributed by atoms with E-state index in [1.165, 1.54) is 17.8 Å². The number of hydrogen-bond acceptors (Lipinski definition) is 5. The molecule has 1 N–H and O–H groups in total. The molecule has 0 aliphatic rings. The molecule has 27 heavy (non-hydrogen) atoms. The van der Waals surface area contributed by atoms with E-state index in [1.54, 1.807) is 30.0 Å². The highest BCUT2D eigenvalue weighted by Crippen LogP contribution is 2.30. The van der Waals surface area contributed by atoms with E-state index in [0.717, 1.165) is 14.7 Å². The highest BCUT2D eigenvalue weighted by atomic mass is 32.2. The van der Waals surface area contributed by atoms with Gasteiger partial charge in [-0.3, -0.25) is 14.9 Å². The maximum absolute atomic E-state index is 12.6. The van der Waals surface area contributed by atoms with Crippen molar-refractivity contribution in [2.24, 2.45) is 0 Å². The van der Waals surface area contributed by atoms with Gasteiger partial charge < -0.3 is 5.32 Å². The van der Waals surface area contributed by atoms with E-state index >= 15 is 0 Å². The average molecular weight is 396 g/mol. The van der Waals surface area contributed by atoms with Crippen LogP contribution in [0.25, 0.3) is 0 Å². The first-order chi connectivity index (χ1) is 13.1. The molecule has 3 aromatic carbocycles. The smallest absolute Gasteiger partial charge is 0.282 e. The van der Waals surface area contributed by atoms with Crippen molar-refractivity contribution in [3.63, 3.8) is 0 Å². The number of thioether (sulfide) groups is 1. The summed E-state index contributed by atoms with van der Waals surface area (Å²) >= 11 is 3.00. The van der Waals surface area contributed by atoms with Crippen LogP contribution in [0.5, 0.6) is 0 Å². The number of rotatable bonds is 6. The Morgan fingerprint density at radius 3 is 2.37 bits per heavy atom. The standard InChI is InChI=1S/C20H16N2O3S2/c1-26-16-10-11-19(22(24)25)18(13-16)20(23)21-14-6-5-9-17(12-14)27-15-7-3-2-4-8-15/h2-13H,1H3,(H,21,23). The van der Waals surface area contributed by atoms with Crippen LogP contribution in [0, 0.1) is 10.1 Å². The van der Waals surface area contributed by atoms with Crippen LogP contribution in [0.3, 0.4) is 0 Å². The van der Waals surface area contributed by atoms with Crippen molar-refractivity contribution in [2.75, 3.05) is 11.6 Å². The second kappa shape index (κ2) is 8.75. The number of nitrogens with zero attached hydrogens (tertiary/aromatic N) is 1. The van der Waals surface area contributed by atoms with E-state index in [1.807, 2.05) is 54.8 Å². The molecule has 0 aliphatic carbocycles. The molecule has 136 valence electrons. The zero-order chi connectivity index (χ0) is 19.2. The molecule has 0 saturated heterocycles. The molecule has 0 radical (unpaired) electrons. The molecule has 5 nitrogen and oxygen atoms in total. The molecule has 0 aliphatic heterocycles. The fraction of sp³-hybridized carbons (Fsp3) is 0.0500. The van der Waals surface area contributed by atoms with Crippen LogP contribution in [-0.4, -0.2) is 17.1 Å². The lowest BCUT2D eigenvalue weighted by Gasteiger charge is -2.09. The van der Waals surface area contributed by atoms with Crippen molar-refractivity contribution < 1.29 is 9.72 Å². The van der Waals surface area contributed by atoms with Gasteiger partial charge in [-0.25, -0.2) is 0 Å². The van der Waals surface area contributed by atoms with Crippen LogP contribution >= 0.6 is 23.5 Å². The summed E-state index contributed by atoms with van der Waals surface area (Å²) in [5.74, 6) is -0.500. The zero-order valence-corrected chi connectivity index (χ0v) is 16.0. The summed E-state index contributed by atoms with van der Waals surface area (Å²) in [4.78, 5) is 26.2. The van der Waals surface area contributed by atoms with E-state index < -0.39 is 10.8 Å². The van der Waals surface area contributed by atoms with Gasteiger partial charge in [0, 0.05) is 26.4 Å². The van der Waals surface area contributed by atoms with Gasteiger partial charge in [-0.2, -0.15) is 0 Å². The minimum atomic E-state index is -0.541. The number of nitro benzene ring substituents is 1. The Morgan fingerprint density at radius 1 is 0.926 bits per heavy atom. The first-order valence-corrected chi connectivity index (χ1v) is 10.1. The molecule has 0 aromatic heterocycles. The van der Waals surface area contributed by atoms with Gasteiger partial charge in [0.1, 0.15) is 5.56 Å². The molecule has 0 bridgehead atoms. The molecule has 1 amide bonds. The quantitative estimate of drug-likeness (QED) is 0.328. The lowest BCUT2D eigenvalue weighted by molar-refractivity contribution is -0.385. The Morgan fingerprint density at radius 2 is 1.67 bits per heavy atom. The number of nitro groups is 1. The molecule has 3 rings (SSSR count). The van der Waals surface area contributed by atoms with E-state index in [-0.39, 0.29) is 11.3 Å². The molecule has 3 aromatic rings. The minimum absolute atomic E-state index is 0.0490. The van der Waals surface area contributed by atoms with Crippen molar-refractivity contribution >= 4 is 40.8 Å². The predicted octanol–water partition coefficient (Wildman–Crippen LogP) is 5.72. The third-order valence-corrected chi connectivity index (χ3v) is 5.44. The van der Waals surface area contributed by atoms with Crippen LogP contribution in [0.4, 0.5) is 11.4 Å². The summed E-state index contributed by atoms with van der Waals surface area (Å²) in [5, 5.41) is 14.0. The van der Waals surface area contributed by atoms with E-state index in [9.17, 15) is 14.9 Å². The van der Waals surface area contributed by atoms with Crippen LogP contribution in [-0.2, 0) is 0 Å². The summed E-state index contributed by atoms with van der Waals surface area (Å²) < 4.78 is 0. The molecular formula is C20H16N2O3S2. The molecular weight excluding hydrogens is 380 g/mol. The number of carbonyl (C=O) groups excluding carboxylic acids is 1. The normalized spacial score (nSPS) is 10.4. The van der Waals surface area contributed by atoms with Crippen molar-refractivity contribution in [2.45, 2.75) is 14.7 Å². The number of benzene rings is 3. The van der Waals surface area contributed by atoms with Gasteiger partial charge in [0.25, 0.3) is 11.6 Å². The molecule has 0 fully saturated rings. The van der Waals surface area contributed by atoms with Gasteiger partial charge in [0.2, 0.25) is 0 Å². The second-order valence-electron chi connectivity index (χ2n) is 5.54. The molecule has 0 spiro atoms. The summed E-state index contributed by atoms with van der Waals surface area (Å²) in [6, 6.07) is 21.8. The van der Waals surface area contributed by atoms with Crippen LogP contribution in [0.2, 0.25) is 0 Å². The first kappa shape index (κ1) is 19.0. The summed E-state index contributed by atoms with van der Waals surface area (Å²) in [5.41, 5.74) is 0.429. The molecule has 0 atom stereocenters. The largest absolute Gasteiger partial charge is 0.322 e. The Kier molecular flexibility index (Phi) is 6.16. The predicted molar refractivity (Wildman–Crippen MR) is 110 cm³/mol. The van der Waals surface area contributed by atoms with Crippen molar-refractivity contribution in [1.82, 2.24) is 0 Å². The van der Waals surface area contributed by atoms with Gasteiger partial charge in [0.05, 0.1) is 4.92 Å². The summed E-state index contributed by atoms with van der Waals surface area (Å²) in [6.45, 7) is 0. The van der Waals surface area contributed by atoms with Crippen LogP contribution in [0.15, 0.2) is 87.5 Å². The monoisotopic (exact) mass is 396 g/mol. The molecule has 0 heterocycles. The number of carbonyl (C=O) groups is 1. The van der Waals surface area contributed by atoms with Gasteiger partial charge in [-0.1, -0.05) is 36.0 Å². The zero-order valence-electron chi connectivity index (χ0n) is 14.4. The van der Waals surface area contributed by atoms with Crippen molar-refractivity contribution in [3.8, 4) is 0 Å². The number of nitrogens with one attached hydrogen (secondary N) is 1. The average Bonchev–Trinajstić information content (AvgIpc) is 2.68. The van der Waals surface area contributed by atoms with Gasteiger partial charge >= 0.3 is 0 Å². The fourth-order valence-corrected chi connectivity index (χ4v) is 3.78. The maximum Gasteiger partial charge on any atom is 0.282 e. The van der Waals surface area contributed by atoms with Gasteiger partial charge in [0.15, 0.2) is 0 Å². The SMILES string of the molecule is CSc1ccc([N+](=O)[O-])c(C(=O)Nc2cccc(Sc3ccccc3)c2)c1.